The number of alkyl halides is 6. The molecular weight excluding hydrogens is 250 g/mol. The Morgan fingerprint density at radius 1 is 0.941 bits per heavy atom. The molecule has 0 N–H and O–H groups in total. The molecule has 1 aromatic carbocycles. The van der Waals surface area contributed by atoms with Gasteiger partial charge >= 0.3 is 12.4 Å². The lowest BCUT2D eigenvalue weighted by Crippen LogP contribution is -2.15. The maximum Gasteiger partial charge on any atom is 0.419 e. The molecule has 0 atom stereocenters. The SMILES string of the molecule is FC(F)(F)CCOc1ccccc1C(F)(F)F. The fourth-order valence-electron chi connectivity index (χ4n) is 1.10. The number of para-hydroxylation sites is 1. The van der Waals surface area contributed by atoms with Crippen molar-refractivity contribution in [3.05, 3.63) is 29.8 Å². The summed E-state index contributed by atoms with van der Waals surface area (Å²) in [5, 5.41) is 0. The second-order valence-electron chi connectivity index (χ2n) is 3.21. The highest BCUT2D eigenvalue weighted by atomic mass is 19.4. The van der Waals surface area contributed by atoms with E-state index >= 15 is 0 Å². The van der Waals surface area contributed by atoms with E-state index < -0.39 is 36.7 Å². The Morgan fingerprint density at radius 3 is 2.06 bits per heavy atom. The Morgan fingerprint density at radius 2 is 1.53 bits per heavy atom. The van der Waals surface area contributed by atoms with Crippen LogP contribution >= 0.6 is 0 Å². The molecule has 0 aliphatic rings. The summed E-state index contributed by atoms with van der Waals surface area (Å²) < 4.78 is 77.1. The summed E-state index contributed by atoms with van der Waals surface area (Å²) in [4.78, 5) is 0. The van der Waals surface area contributed by atoms with Crippen molar-refractivity contribution in [2.24, 2.45) is 0 Å². The van der Waals surface area contributed by atoms with Gasteiger partial charge in [-0.25, -0.2) is 0 Å². The molecule has 7 heteroatoms. The van der Waals surface area contributed by atoms with E-state index in [-0.39, 0.29) is 0 Å². The van der Waals surface area contributed by atoms with Gasteiger partial charge in [-0.05, 0) is 12.1 Å². The highest BCUT2D eigenvalue weighted by Crippen LogP contribution is 2.36. The molecule has 0 aliphatic heterocycles. The molecule has 96 valence electrons. The third-order valence-electron chi connectivity index (χ3n) is 1.84. The molecule has 0 amide bonds. The standard InChI is InChI=1S/C10H8F6O/c11-9(12,13)5-6-17-8-4-2-1-3-7(8)10(14,15)16/h1-4H,5-6H2. The predicted molar refractivity (Wildman–Crippen MR) is 47.6 cm³/mol. The molecule has 0 saturated carbocycles. The summed E-state index contributed by atoms with van der Waals surface area (Å²) in [6.45, 7) is -0.837. The van der Waals surface area contributed by atoms with Crippen LogP contribution in [0.1, 0.15) is 12.0 Å². The number of halogens is 6. The van der Waals surface area contributed by atoms with Crippen LogP contribution in [0.5, 0.6) is 5.75 Å². The Labute approximate surface area is 93.0 Å². The summed E-state index contributed by atoms with van der Waals surface area (Å²) in [5.74, 6) is -0.593. The fourth-order valence-corrected chi connectivity index (χ4v) is 1.10. The van der Waals surface area contributed by atoms with Crippen LogP contribution in [0.4, 0.5) is 26.3 Å². The van der Waals surface area contributed by atoms with Gasteiger partial charge in [0.25, 0.3) is 0 Å². The maximum atomic E-state index is 12.4. The summed E-state index contributed by atoms with van der Waals surface area (Å²) in [7, 11) is 0. The zero-order chi connectivity index (χ0) is 13.1. The van der Waals surface area contributed by atoms with Crippen molar-refractivity contribution < 1.29 is 31.1 Å². The van der Waals surface area contributed by atoms with Crippen LogP contribution in [0.2, 0.25) is 0 Å². The third kappa shape index (κ3) is 4.54. The first-order chi connectivity index (χ1) is 7.70. The summed E-state index contributed by atoms with van der Waals surface area (Å²) >= 11 is 0. The minimum atomic E-state index is -4.64. The van der Waals surface area contributed by atoms with Crippen LogP contribution in [0.3, 0.4) is 0 Å². The number of ether oxygens (including phenoxy) is 1. The van der Waals surface area contributed by atoms with Crippen LogP contribution in [0.15, 0.2) is 24.3 Å². The van der Waals surface area contributed by atoms with E-state index in [2.05, 4.69) is 4.74 Å². The van der Waals surface area contributed by atoms with Gasteiger partial charge in [0.2, 0.25) is 0 Å². The van der Waals surface area contributed by atoms with E-state index in [0.29, 0.717) is 0 Å². The van der Waals surface area contributed by atoms with Crippen molar-refractivity contribution in [3.8, 4) is 5.75 Å². The van der Waals surface area contributed by atoms with Crippen LogP contribution in [-0.4, -0.2) is 12.8 Å². The van der Waals surface area contributed by atoms with E-state index in [1.807, 2.05) is 0 Å². The van der Waals surface area contributed by atoms with Crippen molar-refractivity contribution in [1.82, 2.24) is 0 Å². The van der Waals surface area contributed by atoms with Gasteiger partial charge in [0.15, 0.2) is 0 Å². The molecule has 0 spiro atoms. The zero-order valence-electron chi connectivity index (χ0n) is 8.40. The second-order valence-corrected chi connectivity index (χ2v) is 3.21. The molecule has 0 radical (unpaired) electrons. The predicted octanol–water partition coefficient (Wildman–Crippen LogP) is 4.04. The normalized spacial score (nSPS) is 12.6. The van der Waals surface area contributed by atoms with Gasteiger partial charge in [0, 0.05) is 0 Å². The number of benzene rings is 1. The third-order valence-corrected chi connectivity index (χ3v) is 1.84. The number of rotatable bonds is 3. The van der Waals surface area contributed by atoms with Crippen LogP contribution < -0.4 is 4.74 Å². The van der Waals surface area contributed by atoms with Crippen molar-refractivity contribution in [2.75, 3.05) is 6.61 Å². The van der Waals surface area contributed by atoms with Crippen molar-refractivity contribution in [1.29, 1.82) is 0 Å². The van der Waals surface area contributed by atoms with E-state index in [0.717, 1.165) is 18.2 Å². The Bertz CT molecular complexity index is 368. The quantitative estimate of drug-likeness (QED) is 0.743. The van der Waals surface area contributed by atoms with E-state index in [9.17, 15) is 26.3 Å². The Kier molecular flexibility index (Phi) is 3.90. The molecule has 1 aromatic rings. The zero-order valence-corrected chi connectivity index (χ0v) is 8.40. The lowest BCUT2D eigenvalue weighted by atomic mass is 10.2. The highest BCUT2D eigenvalue weighted by molar-refractivity contribution is 5.35. The van der Waals surface area contributed by atoms with Gasteiger partial charge in [0.05, 0.1) is 18.6 Å². The first-order valence-corrected chi connectivity index (χ1v) is 4.56. The topological polar surface area (TPSA) is 9.23 Å². The van der Waals surface area contributed by atoms with Gasteiger partial charge in [-0.2, -0.15) is 26.3 Å². The minimum Gasteiger partial charge on any atom is -0.493 e. The second kappa shape index (κ2) is 4.85. The molecule has 0 unspecified atom stereocenters. The number of hydrogen-bond acceptors (Lipinski definition) is 1. The van der Waals surface area contributed by atoms with Crippen LogP contribution in [-0.2, 0) is 6.18 Å². The molecule has 0 aliphatic carbocycles. The lowest BCUT2D eigenvalue weighted by molar-refractivity contribution is -0.143. The molecule has 0 fully saturated rings. The largest absolute Gasteiger partial charge is 0.493 e. The van der Waals surface area contributed by atoms with Gasteiger partial charge in [-0.15, -0.1) is 0 Å². The van der Waals surface area contributed by atoms with E-state index in [4.69, 9.17) is 0 Å². The summed E-state index contributed by atoms with van der Waals surface area (Å²) in [6, 6.07) is 4.14. The maximum absolute atomic E-state index is 12.4. The minimum absolute atomic E-state index is 0.593. The lowest BCUT2D eigenvalue weighted by Gasteiger charge is -2.14. The molecule has 1 nitrogen and oxygen atoms in total. The van der Waals surface area contributed by atoms with Gasteiger partial charge in [-0.3, -0.25) is 0 Å². The van der Waals surface area contributed by atoms with Gasteiger partial charge < -0.3 is 4.74 Å². The molecule has 17 heavy (non-hydrogen) atoms. The van der Waals surface area contributed by atoms with Crippen molar-refractivity contribution in [3.63, 3.8) is 0 Å². The molecular formula is C10H8F6O. The van der Waals surface area contributed by atoms with Gasteiger partial charge in [0.1, 0.15) is 5.75 Å². The molecule has 0 aromatic heterocycles. The van der Waals surface area contributed by atoms with E-state index in [1.165, 1.54) is 6.07 Å². The summed E-state index contributed by atoms with van der Waals surface area (Å²) in [5.41, 5.74) is -1.08. The first-order valence-electron chi connectivity index (χ1n) is 4.56. The molecule has 0 heterocycles. The van der Waals surface area contributed by atoms with Crippen molar-refractivity contribution >= 4 is 0 Å². The highest BCUT2D eigenvalue weighted by Gasteiger charge is 2.34. The smallest absolute Gasteiger partial charge is 0.419 e. The average molecular weight is 258 g/mol. The molecule has 0 bridgehead atoms. The monoisotopic (exact) mass is 258 g/mol. The molecule has 1 rings (SSSR count). The van der Waals surface area contributed by atoms with Gasteiger partial charge in [-0.1, -0.05) is 12.1 Å². The Hall–Kier alpha value is -1.40. The van der Waals surface area contributed by atoms with Crippen LogP contribution in [0.25, 0.3) is 0 Å². The van der Waals surface area contributed by atoms with E-state index in [1.54, 1.807) is 0 Å². The average Bonchev–Trinajstić information content (AvgIpc) is 2.15. The Balaban J connectivity index is 2.72. The first kappa shape index (κ1) is 13.7. The fraction of sp³-hybridized carbons (Fsp3) is 0.400. The number of hydrogen-bond donors (Lipinski definition) is 0. The van der Waals surface area contributed by atoms with Crippen molar-refractivity contribution in [2.45, 2.75) is 18.8 Å². The summed E-state index contributed by atoms with van der Waals surface area (Å²) in [6.07, 6.45) is -10.4. The molecule has 0 saturated heterocycles. The van der Waals surface area contributed by atoms with Crippen LogP contribution in [0, 0.1) is 0 Å².